The van der Waals surface area contributed by atoms with Crippen LogP contribution in [0.1, 0.15) is 13.3 Å². The molecule has 0 fully saturated rings. The van der Waals surface area contributed by atoms with Gasteiger partial charge < -0.3 is 15.0 Å². The van der Waals surface area contributed by atoms with Crippen molar-refractivity contribution in [2.45, 2.75) is 13.3 Å². The summed E-state index contributed by atoms with van der Waals surface area (Å²) in [5, 5.41) is 4.43. The highest BCUT2D eigenvalue weighted by molar-refractivity contribution is 5.94. The number of fused-ring (bicyclic) bond motifs is 1. The summed E-state index contributed by atoms with van der Waals surface area (Å²) in [5.41, 5.74) is 7.32. The Kier molecular flexibility index (Phi) is 6.89. The molecule has 3 aromatic carbocycles. The van der Waals surface area contributed by atoms with Crippen LogP contribution in [0.2, 0.25) is 0 Å². The summed E-state index contributed by atoms with van der Waals surface area (Å²) in [6, 6.07) is 27.1. The van der Waals surface area contributed by atoms with Crippen LogP contribution in [0.15, 0.2) is 78.9 Å². The molecule has 4 rings (SSSR count). The second kappa shape index (κ2) is 10.2. The van der Waals surface area contributed by atoms with Crippen LogP contribution in [0, 0.1) is 0 Å². The van der Waals surface area contributed by atoms with Crippen molar-refractivity contribution in [3.63, 3.8) is 0 Å². The molecule has 33 heavy (non-hydrogen) atoms. The molecule has 0 atom stereocenters. The number of carbonyl (C=O) groups is 1. The van der Waals surface area contributed by atoms with E-state index in [0.29, 0.717) is 19.6 Å². The van der Waals surface area contributed by atoms with E-state index in [1.165, 1.54) is 11.3 Å². The Hall–Kier alpha value is -3.86. The van der Waals surface area contributed by atoms with Crippen molar-refractivity contribution in [2.24, 2.45) is 0 Å². The monoisotopic (exact) mass is 439 g/mol. The average molecular weight is 440 g/mol. The lowest BCUT2D eigenvalue weighted by Crippen LogP contribution is -2.11. The highest BCUT2D eigenvalue weighted by Gasteiger charge is 2.09. The first kappa shape index (κ1) is 22.3. The van der Waals surface area contributed by atoms with Crippen LogP contribution in [0.4, 0.5) is 11.4 Å². The highest BCUT2D eigenvalue weighted by atomic mass is 16.5. The van der Waals surface area contributed by atoms with Crippen molar-refractivity contribution >= 4 is 28.2 Å². The zero-order valence-electron chi connectivity index (χ0n) is 19.3. The standard InChI is InChI=1S/C28H29N3O2/c1-4-33-28(32)16-17-29-27-19-26(30-25-11-6-5-10-24(25)27)21-14-12-20(13-15-21)22-8-7-9-23(18-22)31(2)3/h5-15,18-19H,4,16-17H2,1-3H3,(H,29,30). The summed E-state index contributed by atoms with van der Waals surface area (Å²) >= 11 is 0. The van der Waals surface area contributed by atoms with Crippen molar-refractivity contribution in [2.75, 3.05) is 37.5 Å². The number of hydrogen-bond acceptors (Lipinski definition) is 5. The smallest absolute Gasteiger partial charge is 0.307 e. The lowest BCUT2D eigenvalue weighted by molar-refractivity contribution is -0.142. The Bertz CT molecular complexity index is 1250. The van der Waals surface area contributed by atoms with Crippen molar-refractivity contribution in [1.82, 2.24) is 4.98 Å². The van der Waals surface area contributed by atoms with Crippen LogP contribution in [0.25, 0.3) is 33.3 Å². The molecular weight excluding hydrogens is 410 g/mol. The van der Waals surface area contributed by atoms with E-state index >= 15 is 0 Å². The SMILES string of the molecule is CCOC(=O)CCNc1cc(-c2ccc(-c3cccc(N(C)C)c3)cc2)nc2ccccc12. The molecule has 0 amide bonds. The number of benzene rings is 3. The Morgan fingerprint density at radius 2 is 1.67 bits per heavy atom. The summed E-state index contributed by atoms with van der Waals surface area (Å²) in [5.74, 6) is -0.197. The van der Waals surface area contributed by atoms with Gasteiger partial charge in [-0.05, 0) is 42.3 Å². The van der Waals surface area contributed by atoms with Gasteiger partial charge in [-0.25, -0.2) is 4.98 Å². The van der Waals surface area contributed by atoms with Gasteiger partial charge in [0, 0.05) is 43.0 Å². The fraction of sp³-hybridized carbons (Fsp3) is 0.214. The molecule has 1 heterocycles. The summed E-state index contributed by atoms with van der Waals surface area (Å²) in [6.07, 6.45) is 0.320. The van der Waals surface area contributed by atoms with Gasteiger partial charge >= 0.3 is 5.97 Å². The number of esters is 1. The van der Waals surface area contributed by atoms with Gasteiger partial charge in [0.1, 0.15) is 0 Å². The predicted octanol–water partition coefficient (Wildman–Crippen LogP) is 6.00. The molecule has 168 valence electrons. The predicted molar refractivity (Wildman–Crippen MR) is 137 cm³/mol. The maximum atomic E-state index is 11.7. The van der Waals surface area contributed by atoms with Crippen LogP contribution in [-0.2, 0) is 9.53 Å². The first-order valence-corrected chi connectivity index (χ1v) is 11.2. The van der Waals surface area contributed by atoms with Gasteiger partial charge in [-0.2, -0.15) is 0 Å². The highest BCUT2D eigenvalue weighted by Crippen LogP contribution is 2.30. The zero-order valence-corrected chi connectivity index (χ0v) is 19.3. The molecule has 5 nitrogen and oxygen atoms in total. The second-order valence-corrected chi connectivity index (χ2v) is 8.08. The molecule has 0 saturated heterocycles. The number of rotatable bonds is 8. The number of hydrogen-bond donors (Lipinski definition) is 1. The topological polar surface area (TPSA) is 54.5 Å². The molecular formula is C28H29N3O2. The van der Waals surface area contributed by atoms with Crippen LogP contribution < -0.4 is 10.2 Å². The largest absolute Gasteiger partial charge is 0.466 e. The lowest BCUT2D eigenvalue weighted by Gasteiger charge is -2.14. The molecule has 1 N–H and O–H groups in total. The molecule has 0 spiro atoms. The number of para-hydroxylation sites is 1. The second-order valence-electron chi connectivity index (χ2n) is 8.08. The number of carbonyl (C=O) groups excluding carboxylic acids is 1. The fourth-order valence-electron chi connectivity index (χ4n) is 3.80. The van der Waals surface area contributed by atoms with Gasteiger partial charge in [0.25, 0.3) is 0 Å². The maximum absolute atomic E-state index is 11.7. The van der Waals surface area contributed by atoms with E-state index in [1.54, 1.807) is 0 Å². The molecule has 1 aromatic heterocycles. The molecule has 0 radical (unpaired) electrons. The van der Waals surface area contributed by atoms with Gasteiger partial charge in [-0.15, -0.1) is 0 Å². The normalized spacial score (nSPS) is 10.8. The minimum absolute atomic E-state index is 0.197. The summed E-state index contributed by atoms with van der Waals surface area (Å²) in [6.45, 7) is 2.72. The third kappa shape index (κ3) is 5.32. The van der Waals surface area contributed by atoms with E-state index in [4.69, 9.17) is 9.72 Å². The number of aromatic nitrogens is 1. The number of anilines is 2. The van der Waals surface area contributed by atoms with E-state index in [-0.39, 0.29) is 5.97 Å². The first-order valence-electron chi connectivity index (χ1n) is 11.2. The van der Waals surface area contributed by atoms with Crippen molar-refractivity contribution in [3.8, 4) is 22.4 Å². The van der Waals surface area contributed by atoms with E-state index < -0.39 is 0 Å². The van der Waals surface area contributed by atoms with E-state index in [2.05, 4.69) is 64.8 Å². The minimum atomic E-state index is -0.197. The fourth-order valence-corrected chi connectivity index (χ4v) is 3.80. The van der Waals surface area contributed by atoms with Crippen molar-refractivity contribution < 1.29 is 9.53 Å². The van der Waals surface area contributed by atoms with Gasteiger partial charge in [0.05, 0.1) is 24.2 Å². The van der Waals surface area contributed by atoms with Crippen LogP contribution in [-0.4, -0.2) is 38.2 Å². The number of nitrogens with zero attached hydrogens (tertiary/aromatic N) is 2. The van der Waals surface area contributed by atoms with Crippen molar-refractivity contribution in [3.05, 3.63) is 78.9 Å². The summed E-state index contributed by atoms with van der Waals surface area (Å²) in [7, 11) is 4.10. The van der Waals surface area contributed by atoms with Gasteiger partial charge in [-0.1, -0.05) is 54.6 Å². The van der Waals surface area contributed by atoms with E-state index in [0.717, 1.165) is 33.4 Å². The van der Waals surface area contributed by atoms with Crippen LogP contribution in [0.5, 0.6) is 0 Å². The average Bonchev–Trinajstić information content (AvgIpc) is 2.84. The molecule has 0 aliphatic carbocycles. The number of pyridine rings is 1. The Balaban J connectivity index is 1.61. The number of nitrogens with one attached hydrogen (secondary N) is 1. The first-order chi connectivity index (χ1) is 16.0. The van der Waals surface area contributed by atoms with E-state index in [1.807, 2.05) is 45.3 Å². The molecule has 0 unspecified atom stereocenters. The third-order valence-corrected chi connectivity index (χ3v) is 5.54. The Labute approximate surface area is 195 Å². The maximum Gasteiger partial charge on any atom is 0.307 e. The van der Waals surface area contributed by atoms with Crippen LogP contribution in [0.3, 0.4) is 0 Å². The molecule has 5 heteroatoms. The summed E-state index contributed by atoms with van der Waals surface area (Å²) < 4.78 is 5.03. The van der Waals surface area contributed by atoms with Gasteiger partial charge in [0.2, 0.25) is 0 Å². The lowest BCUT2D eigenvalue weighted by atomic mass is 10.0. The van der Waals surface area contributed by atoms with Gasteiger partial charge in [-0.3, -0.25) is 4.79 Å². The molecule has 4 aromatic rings. The quantitative estimate of drug-likeness (QED) is 0.341. The Morgan fingerprint density at radius 3 is 2.42 bits per heavy atom. The molecule has 0 saturated carbocycles. The van der Waals surface area contributed by atoms with Crippen LogP contribution >= 0.6 is 0 Å². The molecule has 0 bridgehead atoms. The van der Waals surface area contributed by atoms with Gasteiger partial charge in [0.15, 0.2) is 0 Å². The number of ether oxygens (including phenoxy) is 1. The minimum Gasteiger partial charge on any atom is -0.466 e. The Morgan fingerprint density at radius 1 is 0.909 bits per heavy atom. The zero-order chi connectivity index (χ0) is 23.2. The van der Waals surface area contributed by atoms with E-state index in [9.17, 15) is 4.79 Å². The third-order valence-electron chi connectivity index (χ3n) is 5.54. The molecule has 0 aliphatic rings. The summed E-state index contributed by atoms with van der Waals surface area (Å²) in [4.78, 5) is 18.7. The molecule has 0 aliphatic heterocycles. The van der Waals surface area contributed by atoms with Crippen molar-refractivity contribution in [1.29, 1.82) is 0 Å².